The fourth-order valence-corrected chi connectivity index (χ4v) is 3.59. The van der Waals surface area contributed by atoms with Gasteiger partial charge in [0.15, 0.2) is 0 Å². The third kappa shape index (κ3) is 5.86. The third-order valence-corrected chi connectivity index (χ3v) is 5.15. The Hall–Kier alpha value is -1.56. The van der Waals surface area contributed by atoms with Gasteiger partial charge in [-0.3, -0.25) is 0 Å². The molecule has 0 heterocycles. The molecule has 0 heteroatoms. The van der Waals surface area contributed by atoms with Crippen LogP contribution in [0.4, 0.5) is 0 Å². The van der Waals surface area contributed by atoms with Gasteiger partial charge in [-0.15, -0.1) is 0 Å². The van der Waals surface area contributed by atoms with E-state index >= 15 is 0 Å². The van der Waals surface area contributed by atoms with Crippen LogP contribution in [0.1, 0.15) is 75.8 Å². The molecule has 2 aromatic carbocycles. The van der Waals surface area contributed by atoms with E-state index in [0.29, 0.717) is 5.92 Å². The van der Waals surface area contributed by atoms with Crippen LogP contribution in [-0.4, -0.2) is 0 Å². The Bertz CT molecular complexity index is 528. The fourth-order valence-electron chi connectivity index (χ4n) is 3.59. The van der Waals surface area contributed by atoms with Crippen molar-refractivity contribution in [2.24, 2.45) is 5.92 Å². The second-order valence-corrected chi connectivity index (χ2v) is 7.10. The van der Waals surface area contributed by atoms with Crippen molar-refractivity contribution in [2.45, 2.75) is 64.7 Å². The van der Waals surface area contributed by atoms with Crippen LogP contribution in [0.15, 0.2) is 60.7 Å². The molecule has 0 fully saturated rings. The summed E-state index contributed by atoms with van der Waals surface area (Å²) in [6, 6.07) is 22.0. The minimum atomic E-state index is 0.680. The van der Waals surface area contributed by atoms with Crippen LogP contribution >= 0.6 is 0 Å². The number of hydrogen-bond donors (Lipinski definition) is 0. The van der Waals surface area contributed by atoms with Gasteiger partial charge in [0.2, 0.25) is 0 Å². The predicted octanol–water partition coefficient (Wildman–Crippen LogP) is 7.18. The first kappa shape index (κ1) is 17.8. The van der Waals surface area contributed by atoms with Gasteiger partial charge in [-0.25, -0.2) is 0 Å². The maximum absolute atomic E-state index is 2.43. The first-order chi connectivity index (χ1) is 11.2. The Balaban J connectivity index is 1.75. The lowest BCUT2D eigenvalue weighted by Crippen LogP contribution is -2.05. The van der Waals surface area contributed by atoms with Gasteiger partial charge in [0.25, 0.3) is 0 Å². The van der Waals surface area contributed by atoms with Crippen LogP contribution in [0, 0.1) is 5.92 Å². The highest BCUT2D eigenvalue weighted by Crippen LogP contribution is 2.30. The van der Waals surface area contributed by atoms with Crippen molar-refractivity contribution in [3.05, 3.63) is 71.8 Å². The highest BCUT2D eigenvalue weighted by atomic mass is 14.2. The van der Waals surface area contributed by atoms with Gasteiger partial charge in [0, 0.05) is 0 Å². The van der Waals surface area contributed by atoms with Gasteiger partial charge in [-0.05, 0) is 48.1 Å². The molecule has 2 aromatic rings. The van der Waals surface area contributed by atoms with Crippen LogP contribution in [0.3, 0.4) is 0 Å². The van der Waals surface area contributed by atoms with Crippen molar-refractivity contribution in [2.75, 3.05) is 0 Å². The van der Waals surface area contributed by atoms with Crippen LogP contribution in [-0.2, 0) is 0 Å². The van der Waals surface area contributed by atoms with E-state index in [1.807, 2.05) is 0 Å². The molecule has 0 aliphatic carbocycles. The summed E-state index contributed by atoms with van der Waals surface area (Å²) in [6.07, 6.45) is 6.55. The van der Waals surface area contributed by atoms with E-state index in [0.717, 1.165) is 11.8 Å². The summed E-state index contributed by atoms with van der Waals surface area (Å²) in [5.74, 6) is 2.21. The lowest BCUT2D eigenvalue weighted by Gasteiger charge is -2.21. The summed E-state index contributed by atoms with van der Waals surface area (Å²) in [4.78, 5) is 0. The fraction of sp³-hybridized carbons (Fsp3) is 0.478. The summed E-state index contributed by atoms with van der Waals surface area (Å²) in [6.45, 7) is 7.11. The molecule has 3 atom stereocenters. The molecule has 23 heavy (non-hydrogen) atoms. The minimum absolute atomic E-state index is 0.680. The van der Waals surface area contributed by atoms with E-state index < -0.39 is 0 Å². The molecule has 0 saturated carbocycles. The molecule has 0 aliphatic heterocycles. The highest BCUT2D eigenvalue weighted by molar-refractivity contribution is 5.19. The minimum Gasteiger partial charge on any atom is -0.0648 e. The molecule has 124 valence electrons. The smallest absolute Gasteiger partial charge is 0.0162 e. The zero-order valence-electron chi connectivity index (χ0n) is 15.0. The van der Waals surface area contributed by atoms with Crippen LogP contribution in [0.2, 0.25) is 0 Å². The molecular formula is C23H32. The van der Waals surface area contributed by atoms with Gasteiger partial charge in [0.1, 0.15) is 0 Å². The summed E-state index contributed by atoms with van der Waals surface area (Å²) < 4.78 is 0. The summed E-state index contributed by atoms with van der Waals surface area (Å²) >= 11 is 0. The maximum atomic E-state index is 2.43. The zero-order valence-corrected chi connectivity index (χ0v) is 15.0. The van der Waals surface area contributed by atoms with Gasteiger partial charge in [-0.2, -0.15) is 0 Å². The molecule has 0 aliphatic rings. The molecule has 3 unspecified atom stereocenters. The topological polar surface area (TPSA) is 0 Å². The van der Waals surface area contributed by atoms with Crippen LogP contribution in [0.25, 0.3) is 0 Å². The molecule has 0 saturated heterocycles. The second-order valence-electron chi connectivity index (χ2n) is 7.10. The van der Waals surface area contributed by atoms with Crippen molar-refractivity contribution in [1.82, 2.24) is 0 Å². The summed E-state index contributed by atoms with van der Waals surface area (Å²) in [5, 5.41) is 0. The van der Waals surface area contributed by atoms with Gasteiger partial charge in [-0.1, -0.05) is 94.3 Å². The quantitative estimate of drug-likeness (QED) is 0.460. The SMILES string of the molecule is CCC(CC(C)CCCC(C)c1ccccc1)c1ccccc1. The summed E-state index contributed by atoms with van der Waals surface area (Å²) in [5.41, 5.74) is 3.00. The number of rotatable bonds is 9. The first-order valence-corrected chi connectivity index (χ1v) is 9.30. The van der Waals surface area contributed by atoms with Crippen molar-refractivity contribution in [3.8, 4) is 0 Å². The summed E-state index contributed by atoms with van der Waals surface area (Å²) in [7, 11) is 0. The molecule has 0 N–H and O–H groups in total. The van der Waals surface area contributed by atoms with Gasteiger partial charge >= 0.3 is 0 Å². The Morgan fingerprint density at radius 2 is 1.30 bits per heavy atom. The number of hydrogen-bond acceptors (Lipinski definition) is 0. The molecule has 0 aromatic heterocycles. The van der Waals surface area contributed by atoms with Gasteiger partial charge in [0.05, 0.1) is 0 Å². The Morgan fingerprint density at radius 3 is 1.87 bits per heavy atom. The number of benzene rings is 2. The predicted molar refractivity (Wildman–Crippen MR) is 102 cm³/mol. The second kappa shape index (κ2) is 9.55. The van der Waals surface area contributed by atoms with Crippen LogP contribution < -0.4 is 0 Å². The standard InChI is InChI=1S/C23H32/c1-4-21(23-16-9-6-10-17-23)18-19(2)12-11-13-20(3)22-14-7-5-8-15-22/h5-10,14-17,19-21H,4,11-13,18H2,1-3H3. The van der Waals surface area contributed by atoms with E-state index in [1.54, 1.807) is 0 Å². The normalized spacial score (nSPS) is 15.1. The van der Waals surface area contributed by atoms with Gasteiger partial charge < -0.3 is 0 Å². The zero-order chi connectivity index (χ0) is 16.5. The Labute approximate surface area is 143 Å². The van der Waals surface area contributed by atoms with E-state index in [9.17, 15) is 0 Å². The van der Waals surface area contributed by atoms with Crippen molar-refractivity contribution < 1.29 is 0 Å². The van der Waals surface area contributed by atoms with Crippen molar-refractivity contribution in [1.29, 1.82) is 0 Å². The third-order valence-electron chi connectivity index (χ3n) is 5.15. The van der Waals surface area contributed by atoms with Crippen molar-refractivity contribution >= 4 is 0 Å². The van der Waals surface area contributed by atoms with E-state index in [-0.39, 0.29) is 0 Å². The van der Waals surface area contributed by atoms with E-state index in [4.69, 9.17) is 0 Å². The molecule has 0 bridgehead atoms. The average molecular weight is 309 g/mol. The van der Waals surface area contributed by atoms with Crippen molar-refractivity contribution in [3.63, 3.8) is 0 Å². The molecule has 0 amide bonds. The van der Waals surface area contributed by atoms with E-state index in [1.165, 1.54) is 43.2 Å². The lowest BCUT2D eigenvalue weighted by molar-refractivity contribution is 0.410. The Morgan fingerprint density at radius 1 is 0.739 bits per heavy atom. The Kier molecular flexibility index (Phi) is 7.39. The van der Waals surface area contributed by atoms with E-state index in [2.05, 4.69) is 81.4 Å². The highest BCUT2D eigenvalue weighted by Gasteiger charge is 2.14. The molecule has 2 rings (SSSR count). The first-order valence-electron chi connectivity index (χ1n) is 9.30. The van der Waals surface area contributed by atoms with Crippen LogP contribution in [0.5, 0.6) is 0 Å². The maximum Gasteiger partial charge on any atom is -0.0162 e. The molecular weight excluding hydrogens is 276 g/mol. The monoisotopic (exact) mass is 308 g/mol. The largest absolute Gasteiger partial charge is 0.0648 e. The lowest BCUT2D eigenvalue weighted by atomic mass is 9.85. The average Bonchev–Trinajstić information content (AvgIpc) is 2.61. The molecule has 0 spiro atoms. The molecule has 0 radical (unpaired) electrons. The molecule has 0 nitrogen and oxygen atoms in total.